The number of hydrogen-bond acceptors (Lipinski definition) is 4. The third-order valence-electron chi connectivity index (χ3n) is 4.97. The zero-order chi connectivity index (χ0) is 22.4. The maximum absolute atomic E-state index is 12.7. The fourth-order valence-electron chi connectivity index (χ4n) is 3.47. The highest BCUT2D eigenvalue weighted by molar-refractivity contribution is 6.08. The number of methoxy groups -OCH3 is 1. The van der Waals surface area contributed by atoms with Gasteiger partial charge in [-0.1, -0.05) is 71.8 Å². The first-order chi connectivity index (χ1) is 14.9. The lowest BCUT2D eigenvalue weighted by Crippen LogP contribution is -2.43. The molecule has 5 heteroatoms. The Morgan fingerprint density at radius 3 is 1.97 bits per heavy atom. The first-order valence-corrected chi connectivity index (χ1v) is 10.0. The number of ketones is 1. The molecular weight excluding hydrogens is 390 g/mol. The zero-order valence-electron chi connectivity index (χ0n) is 17.8. The predicted molar refractivity (Wildman–Crippen MR) is 119 cm³/mol. The molecule has 0 heterocycles. The van der Waals surface area contributed by atoms with Crippen LogP contribution in [0.5, 0.6) is 0 Å². The second-order valence-electron chi connectivity index (χ2n) is 7.52. The summed E-state index contributed by atoms with van der Waals surface area (Å²) in [4.78, 5) is 37.6. The largest absolute Gasteiger partial charge is 0.467 e. The van der Waals surface area contributed by atoms with Crippen LogP contribution in [0.1, 0.15) is 43.0 Å². The van der Waals surface area contributed by atoms with E-state index in [-0.39, 0.29) is 18.1 Å². The van der Waals surface area contributed by atoms with E-state index in [1.807, 2.05) is 38.1 Å². The van der Waals surface area contributed by atoms with Crippen molar-refractivity contribution < 1.29 is 19.1 Å². The van der Waals surface area contributed by atoms with Crippen LogP contribution in [0.4, 0.5) is 0 Å². The Kier molecular flexibility index (Phi) is 6.98. The molecule has 0 aliphatic heterocycles. The van der Waals surface area contributed by atoms with Crippen LogP contribution in [0.2, 0.25) is 0 Å². The van der Waals surface area contributed by atoms with Crippen LogP contribution >= 0.6 is 0 Å². The molecule has 0 aromatic heterocycles. The van der Waals surface area contributed by atoms with Gasteiger partial charge in [0.2, 0.25) is 0 Å². The van der Waals surface area contributed by atoms with Crippen LogP contribution in [-0.4, -0.2) is 30.8 Å². The maximum Gasteiger partial charge on any atom is 0.328 e. The van der Waals surface area contributed by atoms with Crippen molar-refractivity contribution in [2.45, 2.75) is 26.3 Å². The number of carbonyl (C=O) groups excluding carboxylic acids is 3. The molecule has 0 fully saturated rings. The molecule has 0 bridgehead atoms. The third kappa shape index (κ3) is 5.66. The van der Waals surface area contributed by atoms with E-state index < -0.39 is 12.0 Å². The number of nitrogens with one attached hydrogen (secondary N) is 1. The molecule has 3 rings (SSSR count). The Labute approximate surface area is 182 Å². The molecule has 0 spiro atoms. The number of esters is 1. The van der Waals surface area contributed by atoms with Gasteiger partial charge in [0.15, 0.2) is 5.78 Å². The topological polar surface area (TPSA) is 72.5 Å². The van der Waals surface area contributed by atoms with Crippen molar-refractivity contribution >= 4 is 17.7 Å². The van der Waals surface area contributed by atoms with E-state index in [2.05, 4.69) is 5.32 Å². The van der Waals surface area contributed by atoms with Crippen molar-refractivity contribution in [3.05, 3.63) is 106 Å². The van der Waals surface area contributed by atoms with Gasteiger partial charge in [-0.05, 0) is 31.5 Å². The summed E-state index contributed by atoms with van der Waals surface area (Å²) in [5.41, 5.74) is 4.42. The van der Waals surface area contributed by atoms with Crippen molar-refractivity contribution in [1.82, 2.24) is 5.32 Å². The van der Waals surface area contributed by atoms with E-state index in [9.17, 15) is 14.4 Å². The second kappa shape index (κ2) is 9.85. The molecule has 1 amide bonds. The predicted octanol–water partition coefficient (Wildman–Crippen LogP) is 4.05. The van der Waals surface area contributed by atoms with Crippen LogP contribution in [0.25, 0.3) is 0 Å². The summed E-state index contributed by atoms with van der Waals surface area (Å²) in [5.74, 6) is -0.931. The summed E-state index contributed by atoms with van der Waals surface area (Å²) < 4.78 is 4.88. The first kappa shape index (κ1) is 22.0. The molecule has 3 aromatic carbocycles. The highest BCUT2D eigenvalue weighted by atomic mass is 16.5. The Morgan fingerprint density at radius 1 is 0.806 bits per heavy atom. The van der Waals surface area contributed by atoms with Gasteiger partial charge in [0.05, 0.1) is 7.11 Å². The van der Waals surface area contributed by atoms with E-state index in [0.29, 0.717) is 16.7 Å². The summed E-state index contributed by atoms with van der Waals surface area (Å²) in [5, 5.41) is 2.77. The third-order valence-corrected chi connectivity index (χ3v) is 4.97. The molecular formula is C26H25NO4. The summed E-state index contributed by atoms with van der Waals surface area (Å²) in [6.07, 6.45) is 0.253. The highest BCUT2D eigenvalue weighted by Gasteiger charge is 2.23. The lowest BCUT2D eigenvalue weighted by atomic mass is 9.99. The second-order valence-corrected chi connectivity index (χ2v) is 7.52. The molecule has 0 radical (unpaired) electrons. The first-order valence-electron chi connectivity index (χ1n) is 10.0. The number of amides is 1. The smallest absolute Gasteiger partial charge is 0.328 e. The minimum atomic E-state index is -0.839. The molecule has 158 valence electrons. The van der Waals surface area contributed by atoms with Crippen molar-refractivity contribution in [2.75, 3.05) is 7.11 Å². The van der Waals surface area contributed by atoms with Gasteiger partial charge in [0, 0.05) is 23.1 Å². The van der Waals surface area contributed by atoms with Crippen LogP contribution in [0.3, 0.4) is 0 Å². The number of rotatable bonds is 7. The van der Waals surface area contributed by atoms with Gasteiger partial charge in [0.25, 0.3) is 5.91 Å². The fraction of sp³-hybridized carbons (Fsp3) is 0.192. The van der Waals surface area contributed by atoms with Gasteiger partial charge in [-0.25, -0.2) is 4.79 Å². The number of ether oxygens (including phenoxy) is 1. The summed E-state index contributed by atoms with van der Waals surface area (Å²) in [6.45, 7) is 3.83. The Bertz CT molecular complexity index is 1070. The Morgan fingerprint density at radius 2 is 1.39 bits per heavy atom. The normalized spacial score (nSPS) is 11.5. The van der Waals surface area contributed by atoms with E-state index in [1.165, 1.54) is 7.11 Å². The van der Waals surface area contributed by atoms with Crippen molar-refractivity contribution in [3.63, 3.8) is 0 Å². The van der Waals surface area contributed by atoms with Crippen molar-refractivity contribution in [1.29, 1.82) is 0 Å². The molecule has 0 aliphatic carbocycles. The summed E-state index contributed by atoms with van der Waals surface area (Å²) >= 11 is 0. The molecule has 5 nitrogen and oxygen atoms in total. The number of carbonyl (C=O) groups is 3. The standard InChI is InChI=1S/C26H25NO4/c1-17-13-18(2)15-22(14-17)25(29)27-23(26(30)31-3)16-19-9-11-21(12-10-19)24(28)20-7-5-4-6-8-20/h4-15,23H,16H2,1-3H3,(H,27,29)/t23-/m0/s1. The average molecular weight is 415 g/mol. The maximum atomic E-state index is 12.7. The van der Waals surface area contributed by atoms with Gasteiger partial charge in [0.1, 0.15) is 6.04 Å². The number of aryl methyl sites for hydroxylation is 2. The van der Waals surface area contributed by atoms with Crippen LogP contribution in [0, 0.1) is 13.8 Å². The molecule has 0 saturated carbocycles. The minimum Gasteiger partial charge on any atom is -0.467 e. The summed E-state index contributed by atoms with van der Waals surface area (Å²) in [6, 6.07) is 20.8. The zero-order valence-corrected chi connectivity index (χ0v) is 17.8. The molecule has 0 unspecified atom stereocenters. The number of hydrogen-bond donors (Lipinski definition) is 1. The number of benzene rings is 3. The van der Waals surface area contributed by atoms with Gasteiger partial charge in [-0.2, -0.15) is 0 Å². The molecule has 0 saturated heterocycles. The lowest BCUT2D eigenvalue weighted by Gasteiger charge is -2.17. The highest BCUT2D eigenvalue weighted by Crippen LogP contribution is 2.14. The van der Waals surface area contributed by atoms with Crippen molar-refractivity contribution in [3.8, 4) is 0 Å². The van der Waals surface area contributed by atoms with Crippen LogP contribution < -0.4 is 5.32 Å². The van der Waals surface area contributed by atoms with Gasteiger partial charge >= 0.3 is 5.97 Å². The lowest BCUT2D eigenvalue weighted by molar-refractivity contribution is -0.142. The van der Waals surface area contributed by atoms with Crippen LogP contribution in [0.15, 0.2) is 72.8 Å². The Balaban J connectivity index is 1.74. The van der Waals surface area contributed by atoms with Gasteiger partial charge in [-0.3, -0.25) is 9.59 Å². The fourth-order valence-corrected chi connectivity index (χ4v) is 3.47. The van der Waals surface area contributed by atoms with Crippen LogP contribution in [-0.2, 0) is 16.0 Å². The molecule has 31 heavy (non-hydrogen) atoms. The van der Waals surface area contributed by atoms with Crippen molar-refractivity contribution in [2.24, 2.45) is 0 Å². The molecule has 3 aromatic rings. The Hall–Kier alpha value is -3.73. The van der Waals surface area contributed by atoms with E-state index >= 15 is 0 Å². The molecule has 0 aliphatic rings. The van der Waals surface area contributed by atoms with Gasteiger partial charge in [-0.15, -0.1) is 0 Å². The molecule has 1 N–H and O–H groups in total. The SMILES string of the molecule is COC(=O)[C@H](Cc1ccc(C(=O)c2ccccc2)cc1)NC(=O)c1cc(C)cc(C)c1. The van der Waals surface area contributed by atoms with E-state index in [0.717, 1.165) is 16.7 Å². The van der Waals surface area contributed by atoms with E-state index in [4.69, 9.17) is 4.74 Å². The monoisotopic (exact) mass is 415 g/mol. The summed E-state index contributed by atoms with van der Waals surface area (Å²) in [7, 11) is 1.29. The molecule has 1 atom stereocenters. The average Bonchev–Trinajstić information content (AvgIpc) is 2.78. The van der Waals surface area contributed by atoms with Gasteiger partial charge < -0.3 is 10.1 Å². The van der Waals surface area contributed by atoms with E-state index in [1.54, 1.807) is 48.5 Å². The minimum absolute atomic E-state index is 0.0696. The quantitative estimate of drug-likeness (QED) is 0.467.